The van der Waals surface area contributed by atoms with Gasteiger partial charge in [-0.05, 0) is 36.6 Å². The Kier molecular flexibility index (Phi) is 13.9. The summed E-state index contributed by atoms with van der Waals surface area (Å²) in [6, 6.07) is 19.3. The number of imidazole rings is 1. The first kappa shape index (κ1) is 32.7. The lowest BCUT2D eigenvalue weighted by molar-refractivity contribution is -0.129. The first-order valence-electron chi connectivity index (χ1n) is 14.1. The van der Waals surface area contributed by atoms with E-state index in [1.54, 1.807) is 13.4 Å². The van der Waals surface area contributed by atoms with Gasteiger partial charge in [-0.1, -0.05) is 74.9 Å². The van der Waals surface area contributed by atoms with E-state index in [1.165, 1.54) is 58.0 Å². The second kappa shape index (κ2) is 17.9. The van der Waals surface area contributed by atoms with Crippen LogP contribution in [0, 0.1) is 0 Å². The number of nitrogens with one attached hydrogen (secondary N) is 2. The third kappa shape index (κ3) is 9.11. The number of ether oxygens (including phenoxy) is 1. The van der Waals surface area contributed by atoms with Crippen LogP contribution in [0.4, 0.5) is 0 Å². The Morgan fingerprint density at radius 1 is 0.952 bits per heavy atom. The number of amides is 1. The van der Waals surface area contributed by atoms with Gasteiger partial charge in [0.2, 0.25) is 5.91 Å². The van der Waals surface area contributed by atoms with Gasteiger partial charge in [0.05, 0.1) is 41.3 Å². The quantitative estimate of drug-likeness (QED) is 0.194. The van der Waals surface area contributed by atoms with Gasteiger partial charge in [-0.25, -0.2) is 4.98 Å². The molecule has 0 atom stereocenters. The van der Waals surface area contributed by atoms with Crippen molar-refractivity contribution in [1.29, 1.82) is 0 Å². The first-order chi connectivity index (χ1) is 20.6. The number of hydrogen-bond donors (Lipinski definition) is 2. The highest BCUT2D eigenvalue weighted by Crippen LogP contribution is 2.44. The molecule has 2 aromatic carbocycles. The molecule has 1 amide bonds. The zero-order valence-electron chi connectivity index (χ0n) is 24.8. The molecule has 3 aromatic heterocycles. The van der Waals surface area contributed by atoms with Crippen LogP contribution in [0.3, 0.4) is 0 Å². The van der Waals surface area contributed by atoms with Gasteiger partial charge in [0.25, 0.3) is 6.47 Å². The predicted octanol–water partition coefficient (Wildman–Crippen LogP) is 7.72. The molecule has 0 unspecified atom stereocenters. The molecule has 1 aliphatic rings. The minimum atomic E-state index is 0.236. The van der Waals surface area contributed by atoms with E-state index < -0.39 is 0 Å². The second-order valence-corrected chi connectivity index (χ2v) is 11.3. The molecule has 0 aliphatic carbocycles. The zero-order chi connectivity index (χ0) is 30.2. The number of methoxy groups -OCH3 is 1. The standard InChI is InChI=1S/C21H14N2S2.C7H14N2O.C3H8.C2H4O2/c1-2-4-14(5-3-1)17-11-24-21-18(12-25-20(17)21)15-6-8-16(9-7-15)19-10-22-13-23-19;1-8-6-7(10)9-4-2-3-5-9;1-3-2;1-4-2-3/h1-13H,(H,22,23);8H,2-6H2,1H3;3H2,1-2H3;2H,1H3. The third-order valence-electron chi connectivity index (χ3n) is 6.26. The number of hydrogen-bond acceptors (Lipinski definition) is 7. The fraction of sp³-hybridized carbons (Fsp3) is 0.303. The monoisotopic (exact) mass is 604 g/mol. The van der Waals surface area contributed by atoms with Gasteiger partial charge in [-0.3, -0.25) is 9.59 Å². The fourth-order valence-corrected chi connectivity index (χ4v) is 6.77. The molecule has 1 aliphatic heterocycles. The molecule has 9 heteroatoms. The summed E-state index contributed by atoms with van der Waals surface area (Å²) in [5.41, 5.74) is 7.41. The van der Waals surface area contributed by atoms with Crippen molar-refractivity contribution in [2.45, 2.75) is 33.1 Å². The van der Waals surface area contributed by atoms with E-state index in [0.29, 0.717) is 13.0 Å². The number of likely N-dealkylation sites (tertiary alicyclic amines) is 1. The van der Waals surface area contributed by atoms with Gasteiger partial charge in [0.15, 0.2) is 0 Å². The van der Waals surface area contributed by atoms with Crippen molar-refractivity contribution in [1.82, 2.24) is 20.2 Å². The molecule has 6 rings (SSSR count). The number of aromatic nitrogens is 2. The van der Waals surface area contributed by atoms with Crippen molar-refractivity contribution in [3.63, 3.8) is 0 Å². The number of aromatic amines is 1. The first-order valence-corrected chi connectivity index (χ1v) is 15.9. The van der Waals surface area contributed by atoms with Crippen molar-refractivity contribution in [3.8, 4) is 33.5 Å². The van der Waals surface area contributed by atoms with Gasteiger partial charge in [0, 0.05) is 35.0 Å². The van der Waals surface area contributed by atoms with Crippen LogP contribution < -0.4 is 5.32 Å². The van der Waals surface area contributed by atoms with Crippen LogP contribution in [-0.4, -0.2) is 61.0 Å². The highest BCUT2D eigenvalue weighted by molar-refractivity contribution is 7.27. The molecule has 2 N–H and O–H groups in total. The van der Waals surface area contributed by atoms with Crippen molar-refractivity contribution in [3.05, 3.63) is 77.9 Å². The van der Waals surface area contributed by atoms with Gasteiger partial charge in [-0.2, -0.15) is 0 Å². The van der Waals surface area contributed by atoms with Crippen molar-refractivity contribution in [2.75, 3.05) is 33.8 Å². The number of thiophene rings is 2. The number of likely N-dealkylation sites (N-methyl/N-ethyl adjacent to an activating group) is 1. The van der Waals surface area contributed by atoms with Gasteiger partial charge in [-0.15, -0.1) is 22.7 Å². The molecule has 1 fully saturated rings. The Bertz CT molecular complexity index is 1460. The van der Waals surface area contributed by atoms with E-state index in [0.717, 1.165) is 24.3 Å². The van der Waals surface area contributed by atoms with E-state index >= 15 is 0 Å². The Labute approximate surface area is 256 Å². The molecule has 0 saturated carbocycles. The summed E-state index contributed by atoms with van der Waals surface area (Å²) >= 11 is 3.67. The molecule has 0 bridgehead atoms. The zero-order valence-corrected chi connectivity index (χ0v) is 26.4. The van der Waals surface area contributed by atoms with Crippen LogP contribution in [0.5, 0.6) is 0 Å². The van der Waals surface area contributed by atoms with E-state index in [9.17, 15) is 4.79 Å². The van der Waals surface area contributed by atoms with E-state index in [1.807, 2.05) is 33.8 Å². The molecule has 1 saturated heterocycles. The Hall–Kier alpha value is -3.79. The Morgan fingerprint density at radius 3 is 1.95 bits per heavy atom. The lowest BCUT2D eigenvalue weighted by atomic mass is 10.0. The van der Waals surface area contributed by atoms with Crippen LogP contribution in [0.1, 0.15) is 33.1 Å². The van der Waals surface area contributed by atoms with Gasteiger partial charge < -0.3 is 19.9 Å². The molecule has 222 valence electrons. The maximum atomic E-state index is 11.1. The molecule has 5 aromatic rings. The Morgan fingerprint density at radius 2 is 1.48 bits per heavy atom. The maximum Gasteiger partial charge on any atom is 0.292 e. The van der Waals surface area contributed by atoms with Crippen LogP contribution in [0.2, 0.25) is 0 Å². The highest BCUT2D eigenvalue weighted by Gasteiger charge is 2.16. The SMILES string of the molecule is CCC.CNCC(=O)N1CCCC1.COC=O.c1ccc(-c2csc3c(-c4ccc(-c5cnc[nH]5)cc4)csc23)cc1. The summed E-state index contributed by atoms with van der Waals surface area (Å²) < 4.78 is 6.61. The van der Waals surface area contributed by atoms with Gasteiger partial charge >= 0.3 is 0 Å². The second-order valence-electron chi connectivity index (χ2n) is 9.52. The molecule has 4 heterocycles. The summed E-state index contributed by atoms with van der Waals surface area (Å²) in [7, 11) is 3.11. The number of benzene rings is 2. The third-order valence-corrected chi connectivity index (χ3v) is 8.41. The van der Waals surface area contributed by atoms with Crippen LogP contribution in [0.25, 0.3) is 42.9 Å². The summed E-state index contributed by atoms with van der Waals surface area (Å²) in [5.74, 6) is 0.236. The summed E-state index contributed by atoms with van der Waals surface area (Å²) in [5, 5.41) is 7.41. The lowest BCUT2D eigenvalue weighted by Crippen LogP contribution is -2.34. The number of nitrogens with zero attached hydrogens (tertiary/aromatic N) is 2. The number of rotatable bonds is 6. The highest BCUT2D eigenvalue weighted by atomic mass is 32.1. The summed E-state index contributed by atoms with van der Waals surface area (Å²) in [6.07, 6.45) is 7.16. The lowest BCUT2D eigenvalue weighted by Gasteiger charge is -2.13. The van der Waals surface area contributed by atoms with Crippen molar-refractivity contribution in [2.24, 2.45) is 0 Å². The summed E-state index contributed by atoms with van der Waals surface area (Å²) in [4.78, 5) is 29.2. The van der Waals surface area contributed by atoms with Gasteiger partial charge in [0.1, 0.15) is 0 Å². The topological polar surface area (TPSA) is 87.3 Å². The summed E-state index contributed by atoms with van der Waals surface area (Å²) in [6.45, 7) is 7.03. The molecule has 0 spiro atoms. The van der Waals surface area contributed by atoms with Crippen LogP contribution in [-0.2, 0) is 14.3 Å². The van der Waals surface area contributed by atoms with Crippen molar-refractivity contribution >= 4 is 44.5 Å². The molecular formula is C33H40N4O3S2. The number of carbonyl (C=O) groups excluding carboxylic acids is 2. The van der Waals surface area contributed by atoms with Crippen LogP contribution >= 0.6 is 22.7 Å². The fourth-order valence-electron chi connectivity index (χ4n) is 4.31. The molecule has 0 radical (unpaired) electrons. The molecular weight excluding hydrogens is 565 g/mol. The minimum Gasteiger partial charge on any atom is -0.471 e. The minimum absolute atomic E-state index is 0.236. The number of fused-ring (bicyclic) bond motifs is 1. The van der Waals surface area contributed by atoms with Crippen molar-refractivity contribution < 1.29 is 14.3 Å². The Balaban J connectivity index is 0.000000236. The van der Waals surface area contributed by atoms with E-state index in [4.69, 9.17) is 4.79 Å². The maximum absolute atomic E-state index is 11.1. The smallest absolute Gasteiger partial charge is 0.292 e. The van der Waals surface area contributed by atoms with E-state index in [2.05, 4.69) is 99.2 Å². The van der Waals surface area contributed by atoms with Crippen LogP contribution in [0.15, 0.2) is 77.9 Å². The number of H-pyrrole nitrogens is 1. The van der Waals surface area contributed by atoms with E-state index in [-0.39, 0.29) is 5.91 Å². The predicted molar refractivity (Wildman–Crippen MR) is 177 cm³/mol. The molecule has 7 nitrogen and oxygen atoms in total. The largest absolute Gasteiger partial charge is 0.471 e. The average Bonchev–Trinajstić information content (AvgIpc) is 3.85. The molecule has 42 heavy (non-hydrogen) atoms. The number of carbonyl (C=O) groups is 2. The average molecular weight is 605 g/mol. The normalized spacial score (nSPS) is 11.9.